The summed E-state index contributed by atoms with van der Waals surface area (Å²) in [6.07, 6.45) is -4.76. The van der Waals surface area contributed by atoms with Gasteiger partial charge in [-0.3, -0.25) is 9.59 Å². The van der Waals surface area contributed by atoms with Crippen LogP contribution in [-0.2, 0) is 28.7 Å². The number of carbonyl (C=O) groups excluding carboxylic acids is 4. The van der Waals surface area contributed by atoms with Gasteiger partial charge in [0.2, 0.25) is 0 Å². The van der Waals surface area contributed by atoms with Crippen LogP contribution in [0.3, 0.4) is 0 Å². The molecule has 0 unspecified atom stereocenters. The first-order valence-electron chi connectivity index (χ1n) is 13.7. The lowest BCUT2D eigenvalue weighted by Crippen LogP contribution is -3.00. The van der Waals surface area contributed by atoms with E-state index in [-0.39, 0.29) is 50.6 Å². The highest BCUT2D eigenvalue weighted by Crippen LogP contribution is 2.17. The minimum atomic E-state index is -5.06. The molecule has 0 aromatic heterocycles. The molecule has 0 saturated carbocycles. The van der Waals surface area contributed by atoms with Crippen molar-refractivity contribution in [1.29, 1.82) is 0 Å². The Hall–Kier alpha value is -2.35. The van der Waals surface area contributed by atoms with Gasteiger partial charge in [0, 0.05) is 19.8 Å². The van der Waals surface area contributed by atoms with Crippen LogP contribution in [0.15, 0.2) is 11.8 Å². The maximum atomic E-state index is 12.3. The molecule has 0 saturated heterocycles. The first kappa shape index (κ1) is 65.1. The molecule has 0 fully saturated rings. The van der Waals surface area contributed by atoms with Crippen molar-refractivity contribution in [1.82, 2.24) is 10.6 Å². The molecule has 300 valence electrons. The number of unbranched alkanes of at least 4 members (excludes halogenated alkanes) is 4. The second-order valence-corrected chi connectivity index (χ2v) is 16.8. The Balaban J connectivity index is -0.000000103. The van der Waals surface area contributed by atoms with E-state index in [1.54, 1.807) is 17.6 Å². The summed E-state index contributed by atoms with van der Waals surface area (Å²) in [4.78, 5) is 45.3. The van der Waals surface area contributed by atoms with Gasteiger partial charge in [-0.1, -0.05) is 52.9 Å². The van der Waals surface area contributed by atoms with Crippen molar-refractivity contribution in [3.63, 3.8) is 0 Å². The predicted octanol–water partition coefficient (Wildman–Crippen LogP) is -7.72. The third kappa shape index (κ3) is 36.7. The zero-order valence-electron chi connectivity index (χ0n) is 26.7. The van der Waals surface area contributed by atoms with Crippen molar-refractivity contribution in [2.24, 2.45) is 0 Å². The molecule has 22 heteroatoms. The first-order chi connectivity index (χ1) is 19.8. The average Bonchev–Trinajstić information content (AvgIpc) is 2.88. The summed E-state index contributed by atoms with van der Waals surface area (Å²) in [6, 6.07) is -0.586. The standard InChI is InChI=1S/C14H23ClF3NO3Si.C12H19ClF3NO3.CH4.5FH/c1-23(2,3)10-9-22-12(20)11(7-5-4-6-8-15)19-13(21)14(16,17)18;1-2-8-20-10(18)9(6-4-3-5-7-13)17-11(19)12(14,15)16;;;;;;/h7H,4-6,8-10H2,1-3H3,(H,19,21);9H,2-8H2,1H3,(H,17,19);1H4;5*1H/p-5/t;9-;;;;;;/m.0....../s1. The molecule has 0 aromatic rings. The van der Waals surface area contributed by atoms with Gasteiger partial charge in [0.05, 0.1) is 13.2 Å². The molecular weight excluding hydrogens is 756 g/mol. The molecule has 2 amide bonds. The number of carbonyl (C=O) groups is 4. The van der Waals surface area contributed by atoms with Gasteiger partial charge in [-0.05, 0) is 44.6 Å². The number of hydrogen-bond donors (Lipinski definition) is 2. The Labute approximate surface area is 290 Å². The number of amides is 2. The van der Waals surface area contributed by atoms with E-state index in [2.05, 4.69) is 19.6 Å². The smallest absolute Gasteiger partial charge is 0.471 e. The lowest BCUT2D eigenvalue weighted by Gasteiger charge is -2.18. The maximum Gasteiger partial charge on any atom is 0.471 e. The highest BCUT2D eigenvalue weighted by Gasteiger charge is 2.41. The van der Waals surface area contributed by atoms with E-state index < -0.39 is 55.9 Å². The second-order valence-electron chi connectivity index (χ2n) is 10.4. The molecule has 0 bridgehead atoms. The minimum Gasteiger partial charge on any atom is -1.00 e. The zero-order valence-corrected chi connectivity index (χ0v) is 29.2. The van der Waals surface area contributed by atoms with E-state index in [9.17, 15) is 45.5 Å². The van der Waals surface area contributed by atoms with Gasteiger partial charge in [0.1, 0.15) is 11.7 Å². The SMILES string of the molecule is C.CCCOC(=O)[C@H](CCCCCCl)NC(=O)C(F)(F)F.C[Si](C)(C)CCOC(=O)C(=CCCCCCl)NC(=O)C(F)(F)F.[F-].[F-].[F-].[F-].[F-]. The summed E-state index contributed by atoms with van der Waals surface area (Å²) in [7, 11) is -1.44. The van der Waals surface area contributed by atoms with Gasteiger partial charge < -0.3 is 43.6 Å². The van der Waals surface area contributed by atoms with E-state index in [4.69, 9.17) is 32.7 Å². The van der Waals surface area contributed by atoms with Gasteiger partial charge in [-0.15, -0.1) is 23.2 Å². The molecule has 0 spiro atoms. The molecule has 0 aliphatic heterocycles. The number of esters is 2. The Kier molecular flexibility index (Phi) is 45.3. The molecule has 1 atom stereocenters. The van der Waals surface area contributed by atoms with Crippen LogP contribution in [0.1, 0.15) is 65.7 Å². The quantitative estimate of drug-likeness (QED) is 0.0357. The molecule has 0 aliphatic rings. The third-order valence-corrected chi connectivity index (χ3v) is 7.41. The van der Waals surface area contributed by atoms with Crippen molar-refractivity contribution in [3.05, 3.63) is 11.8 Å². The van der Waals surface area contributed by atoms with Crippen molar-refractivity contribution in [2.75, 3.05) is 25.0 Å². The summed E-state index contributed by atoms with van der Waals surface area (Å²) < 4.78 is 83.3. The topological polar surface area (TPSA) is 111 Å². The highest BCUT2D eigenvalue weighted by molar-refractivity contribution is 6.76. The Morgan fingerprint density at radius 2 is 1.24 bits per heavy atom. The van der Waals surface area contributed by atoms with Crippen LogP contribution >= 0.6 is 23.2 Å². The summed E-state index contributed by atoms with van der Waals surface area (Å²) in [5.74, 6) is -5.25. The van der Waals surface area contributed by atoms with Crippen LogP contribution in [0.2, 0.25) is 25.7 Å². The highest BCUT2D eigenvalue weighted by atomic mass is 35.5. The van der Waals surface area contributed by atoms with Gasteiger partial charge in [0.25, 0.3) is 0 Å². The minimum absolute atomic E-state index is 0. The maximum absolute atomic E-state index is 12.3. The van der Waals surface area contributed by atoms with E-state index in [0.29, 0.717) is 62.7 Å². The largest absolute Gasteiger partial charge is 1.00 e. The normalized spacial score (nSPS) is 11.3. The molecule has 0 rings (SSSR count). The fraction of sp³-hybridized carbons (Fsp3) is 0.778. The van der Waals surface area contributed by atoms with Crippen molar-refractivity contribution < 1.29 is 78.5 Å². The Morgan fingerprint density at radius 1 is 0.755 bits per heavy atom. The van der Waals surface area contributed by atoms with Crippen LogP contribution in [0.25, 0.3) is 0 Å². The number of hydrogen-bond acceptors (Lipinski definition) is 6. The molecular formula is C27H46Cl2F11N2O6Si-5. The Bertz CT molecular complexity index is 897. The zero-order chi connectivity index (χ0) is 33.7. The van der Waals surface area contributed by atoms with Crippen molar-refractivity contribution in [3.8, 4) is 0 Å². The van der Waals surface area contributed by atoms with E-state index in [1.807, 2.05) is 0 Å². The van der Waals surface area contributed by atoms with Crippen LogP contribution in [0.4, 0.5) is 26.3 Å². The number of ether oxygens (including phenoxy) is 2. The predicted molar refractivity (Wildman–Crippen MR) is 161 cm³/mol. The summed E-state index contributed by atoms with van der Waals surface area (Å²) in [5.41, 5.74) is -0.475. The fourth-order valence-corrected chi connectivity index (χ4v) is 3.90. The lowest BCUT2D eigenvalue weighted by atomic mass is 10.1. The molecule has 49 heavy (non-hydrogen) atoms. The van der Waals surface area contributed by atoms with Crippen LogP contribution in [0.5, 0.6) is 0 Å². The van der Waals surface area contributed by atoms with E-state index in [1.165, 1.54) is 6.08 Å². The van der Waals surface area contributed by atoms with Crippen molar-refractivity contribution in [2.45, 2.75) is 110 Å². The number of rotatable bonds is 18. The molecule has 0 aromatic carbocycles. The number of halogens is 13. The van der Waals surface area contributed by atoms with E-state index >= 15 is 0 Å². The summed E-state index contributed by atoms with van der Waals surface area (Å²) in [5, 5.41) is 3.25. The lowest BCUT2D eigenvalue weighted by molar-refractivity contribution is -0.176. The average molecular weight is 803 g/mol. The second kappa shape index (κ2) is 34.1. The number of alkyl halides is 8. The fourth-order valence-electron chi connectivity index (χ4n) is 2.80. The molecule has 0 radical (unpaired) electrons. The molecule has 0 aliphatic carbocycles. The Morgan fingerprint density at radius 3 is 1.67 bits per heavy atom. The first-order valence-corrected chi connectivity index (χ1v) is 18.5. The third-order valence-electron chi connectivity index (χ3n) is 5.17. The van der Waals surface area contributed by atoms with Crippen LogP contribution in [0, 0.1) is 0 Å². The molecule has 2 N–H and O–H groups in total. The van der Waals surface area contributed by atoms with E-state index in [0.717, 1.165) is 0 Å². The van der Waals surface area contributed by atoms with Crippen LogP contribution < -0.4 is 34.2 Å². The van der Waals surface area contributed by atoms with Gasteiger partial charge >= 0.3 is 36.1 Å². The molecule has 8 nitrogen and oxygen atoms in total. The monoisotopic (exact) mass is 801 g/mol. The van der Waals surface area contributed by atoms with Crippen LogP contribution in [-0.4, -0.2) is 75.2 Å². The number of nitrogens with one attached hydrogen (secondary N) is 2. The van der Waals surface area contributed by atoms with Crippen molar-refractivity contribution >= 4 is 55.0 Å². The van der Waals surface area contributed by atoms with Gasteiger partial charge in [-0.25, -0.2) is 9.59 Å². The number of allylic oxidation sites excluding steroid dienone is 1. The van der Waals surface area contributed by atoms with Gasteiger partial charge in [0.15, 0.2) is 0 Å². The molecule has 0 heterocycles. The summed E-state index contributed by atoms with van der Waals surface area (Å²) in [6.45, 7) is 8.23. The summed E-state index contributed by atoms with van der Waals surface area (Å²) >= 11 is 11.0. The van der Waals surface area contributed by atoms with Gasteiger partial charge in [-0.2, -0.15) is 26.3 Å².